The second-order valence-corrected chi connectivity index (χ2v) is 6.66. The molecule has 0 spiro atoms. The molecule has 0 radical (unpaired) electrons. The highest BCUT2D eigenvalue weighted by Crippen LogP contribution is 2.23. The van der Waals surface area contributed by atoms with E-state index in [0.29, 0.717) is 11.8 Å². The number of fused-ring (bicyclic) bond motifs is 2. The number of hydrogen-bond acceptors (Lipinski definition) is 2. The van der Waals surface area contributed by atoms with Crippen LogP contribution in [0.5, 0.6) is 0 Å². The van der Waals surface area contributed by atoms with Crippen LogP contribution in [-0.4, -0.2) is 4.98 Å². The molecule has 0 unspecified atom stereocenters. The number of rotatable bonds is 1. The largest absolute Gasteiger partial charge is 0.289 e. The number of nitrogens with zero attached hydrogens (tertiary/aromatic N) is 1. The lowest BCUT2D eigenvalue weighted by atomic mass is 10.0. The molecule has 2 aromatic carbocycles. The molecule has 3 aromatic rings. The lowest BCUT2D eigenvalue weighted by molar-refractivity contribution is 1.25. The Balaban J connectivity index is 0.000000948. The van der Waals surface area contributed by atoms with Crippen LogP contribution in [0.3, 0.4) is 0 Å². The van der Waals surface area contributed by atoms with Crippen LogP contribution < -0.4 is 5.43 Å². The molecular formula is C23H20BrNO. The third kappa shape index (κ3) is 3.68. The minimum Gasteiger partial charge on any atom is -0.289 e. The Morgan fingerprint density at radius 1 is 0.962 bits per heavy atom. The van der Waals surface area contributed by atoms with E-state index >= 15 is 0 Å². The minimum absolute atomic E-state index is 0.0541. The van der Waals surface area contributed by atoms with Crippen LogP contribution in [0.1, 0.15) is 25.0 Å². The molecule has 4 rings (SSSR count). The van der Waals surface area contributed by atoms with Crippen molar-refractivity contribution in [3.05, 3.63) is 92.7 Å². The number of pyridine rings is 1. The van der Waals surface area contributed by atoms with E-state index in [1.165, 1.54) is 0 Å². The zero-order chi connectivity index (χ0) is 18.5. The van der Waals surface area contributed by atoms with Crippen LogP contribution in [0.25, 0.3) is 28.1 Å². The first-order valence-corrected chi connectivity index (χ1v) is 9.57. The van der Waals surface area contributed by atoms with Gasteiger partial charge >= 0.3 is 0 Å². The molecule has 0 fully saturated rings. The van der Waals surface area contributed by atoms with Crippen molar-refractivity contribution in [1.82, 2.24) is 4.98 Å². The monoisotopic (exact) mass is 405 g/mol. The number of benzene rings is 1. The summed E-state index contributed by atoms with van der Waals surface area (Å²) in [4.78, 5) is 17.6. The highest BCUT2D eigenvalue weighted by atomic mass is 79.9. The SMILES string of the molecule is CC.O=c1c2c(ccc3ncc(-c4ccccc4)cc13)C=CC(Br)=CC2. The molecule has 1 aliphatic carbocycles. The van der Waals surface area contributed by atoms with Gasteiger partial charge in [0.25, 0.3) is 0 Å². The molecule has 2 nitrogen and oxygen atoms in total. The van der Waals surface area contributed by atoms with Gasteiger partial charge in [0.15, 0.2) is 5.43 Å². The molecule has 1 aliphatic rings. The lowest BCUT2D eigenvalue weighted by Crippen LogP contribution is -2.07. The van der Waals surface area contributed by atoms with Crippen LogP contribution in [0.4, 0.5) is 0 Å². The molecule has 0 saturated carbocycles. The number of aromatic nitrogens is 1. The summed E-state index contributed by atoms with van der Waals surface area (Å²) >= 11 is 3.49. The van der Waals surface area contributed by atoms with E-state index in [1.54, 1.807) is 0 Å². The van der Waals surface area contributed by atoms with Crippen LogP contribution in [0.15, 0.2) is 76.2 Å². The van der Waals surface area contributed by atoms with Crippen molar-refractivity contribution in [2.24, 2.45) is 0 Å². The van der Waals surface area contributed by atoms with Crippen molar-refractivity contribution in [3.63, 3.8) is 0 Å². The Hall–Kier alpha value is -2.52. The highest BCUT2D eigenvalue weighted by Gasteiger charge is 2.10. The van der Waals surface area contributed by atoms with Gasteiger partial charge in [-0.3, -0.25) is 9.78 Å². The Morgan fingerprint density at radius 2 is 1.73 bits per heavy atom. The van der Waals surface area contributed by atoms with Gasteiger partial charge in [0.05, 0.1) is 5.52 Å². The van der Waals surface area contributed by atoms with E-state index in [4.69, 9.17) is 0 Å². The predicted octanol–water partition coefficient (Wildman–Crippen LogP) is 6.14. The van der Waals surface area contributed by atoms with Crippen molar-refractivity contribution in [2.45, 2.75) is 20.3 Å². The molecular weight excluding hydrogens is 386 g/mol. The molecule has 1 aromatic heterocycles. The van der Waals surface area contributed by atoms with Crippen molar-refractivity contribution in [3.8, 4) is 11.1 Å². The van der Waals surface area contributed by atoms with Crippen LogP contribution >= 0.6 is 15.9 Å². The number of hydrogen-bond donors (Lipinski definition) is 0. The van der Waals surface area contributed by atoms with Crippen LogP contribution in [0, 0.1) is 0 Å². The van der Waals surface area contributed by atoms with E-state index in [0.717, 1.165) is 32.3 Å². The normalized spacial score (nSPS) is 12.5. The fraction of sp³-hybridized carbons (Fsp3) is 0.130. The van der Waals surface area contributed by atoms with Gasteiger partial charge in [-0.2, -0.15) is 0 Å². The quantitative estimate of drug-likeness (QED) is 0.486. The third-order valence-corrected chi connectivity index (χ3v) is 4.82. The fourth-order valence-electron chi connectivity index (χ4n) is 2.95. The maximum absolute atomic E-state index is 13.1. The van der Waals surface area contributed by atoms with E-state index in [-0.39, 0.29) is 5.43 Å². The first-order chi connectivity index (χ1) is 12.7. The van der Waals surface area contributed by atoms with E-state index < -0.39 is 0 Å². The second kappa shape index (κ2) is 8.24. The van der Waals surface area contributed by atoms with Crippen molar-refractivity contribution in [1.29, 1.82) is 0 Å². The number of halogens is 1. The summed E-state index contributed by atoms with van der Waals surface area (Å²) in [5.41, 5.74) is 4.56. The summed E-state index contributed by atoms with van der Waals surface area (Å²) in [5, 5.41) is 0.664. The zero-order valence-electron chi connectivity index (χ0n) is 14.9. The van der Waals surface area contributed by atoms with Gasteiger partial charge in [0.2, 0.25) is 0 Å². The van der Waals surface area contributed by atoms with Gasteiger partial charge in [-0.25, -0.2) is 0 Å². The summed E-state index contributed by atoms with van der Waals surface area (Å²) < 4.78 is 0.994. The number of allylic oxidation sites excluding steroid dienone is 3. The molecule has 0 amide bonds. The molecule has 0 aliphatic heterocycles. The standard InChI is InChI=1S/C21H14BrNO.C2H6/c22-17-8-6-15-7-11-20-19(21(24)18(15)10-9-17)12-16(13-23-20)14-4-2-1-3-5-14;1-2/h1-9,11-13H,10H2;1-2H3. The maximum atomic E-state index is 13.1. The molecule has 0 bridgehead atoms. The maximum Gasteiger partial charge on any atom is 0.192 e. The van der Waals surface area contributed by atoms with Crippen LogP contribution in [-0.2, 0) is 6.42 Å². The summed E-state index contributed by atoms with van der Waals surface area (Å²) in [6, 6.07) is 15.9. The molecule has 130 valence electrons. The van der Waals surface area contributed by atoms with E-state index in [2.05, 4.69) is 20.9 Å². The Morgan fingerprint density at radius 3 is 2.50 bits per heavy atom. The fourth-order valence-corrected chi connectivity index (χ4v) is 3.24. The topological polar surface area (TPSA) is 30.0 Å². The smallest absolute Gasteiger partial charge is 0.192 e. The van der Waals surface area contributed by atoms with Crippen molar-refractivity contribution < 1.29 is 0 Å². The second-order valence-electron chi connectivity index (χ2n) is 5.75. The first-order valence-electron chi connectivity index (χ1n) is 8.77. The van der Waals surface area contributed by atoms with E-state index in [9.17, 15) is 4.79 Å². The molecule has 26 heavy (non-hydrogen) atoms. The zero-order valence-corrected chi connectivity index (χ0v) is 16.5. The van der Waals surface area contributed by atoms with E-state index in [1.807, 2.05) is 86.8 Å². The average molecular weight is 406 g/mol. The molecule has 1 heterocycles. The predicted molar refractivity (Wildman–Crippen MR) is 115 cm³/mol. The summed E-state index contributed by atoms with van der Waals surface area (Å²) in [5.74, 6) is 0. The van der Waals surface area contributed by atoms with Gasteiger partial charge in [0.1, 0.15) is 0 Å². The molecule has 0 atom stereocenters. The van der Waals surface area contributed by atoms with Crippen molar-refractivity contribution in [2.75, 3.05) is 0 Å². The van der Waals surface area contributed by atoms with Gasteiger partial charge in [-0.1, -0.05) is 78.3 Å². The molecule has 0 N–H and O–H groups in total. The third-order valence-electron chi connectivity index (χ3n) is 4.24. The highest BCUT2D eigenvalue weighted by molar-refractivity contribution is 9.11. The average Bonchev–Trinajstić information content (AvgIpc) is 2.96. The lowest BCUT2D eigenvalue weighted by Gasteiger charge is -2.02. The summed E-state index contributed by atoms with van der Waals surface area (Å²) in [7, 11) is 0. The summed E-state index contributed by atoms with van der Waals surface area (Å²) in [6.45, 7) is 4.00. The van der Waals surface area contributed by atoms with Gasteiger partial charge in [-0.15, -0.1) is 0 Å². The van der Waals surface area contributed by atoms with Gasteiger partial charge in [-0.05, 0) is 35.8 Å². The Bertz CT molecular complexity index is 1050. The first kappa shape index (κ1) is 18.3. The Labute approximate surface area is 162 Å². The summed E-state index contributed by atoms with van der Waals surface area (Å²) in [6.07, 6.45) is 8.40. The Kier molecular flexibility index (Phi) is 5.79. The molecule has 3 heteroatoms. The minimum atomic E-state index is 0.0541. The van der Waals surface area contributed by atoms with Crippen molar-refractivity contribution >= 4 is 32.9 Å². The van der Waals surface area contributed by atoms with Gasteiger partial charge in [0, 0.05) is 27.2 Å². The molecule has 0 saturated heterocycles. The van der Waals surface area contributed by atoms with Gasteiger partial charge < -0.3 is 0 Å². The van der Waals surface area contributed by atoms with Crippen LogP contribution in [0.2, 0.25) is 0 Å².